The molecule has 0 aliphatic carbocycles. The van der Waals surface area contributed by atoms with Gasteiger partial charge in [0.2, 0.25) is 11.8 Å². The average Bonchev–Trinajstić information content (AvgIpc) is 3.28. The number of aromatic nitrogens is 1. The van der Waals surface area contributed by atoms with Gasteiger partial charge in [-0.3, -0.25) is 14.4 Å². The highest BCUT2D eigenvalue weighted by atomic mass is 16.5. The maximum absolute atomic E-state index is 13.2. The Labute approximate surface area is 211 Å². The Morgan fingerprint density at radius 2 is 1.94 bits per heavy atom. The number of para-hydroxylation sites is 1. The minimum Gasteiger partial charge on any atom is -0.463 e. The molecule has 2 amide bonds. The predicted octanol–water partition coefficient (Wildman–Crippen LogP) is 2.41. The van der Waals surface area contributed by atoms with E-state index in [0.717, 1.165) is 16.5 Å². The summed E-state index contributed by atoms with van der Waals surface area (Å²) in [6, 6.07) is 7.36. The van der Waals surface area contributed by atoms with Crippen LogP contribution in [0.4, 0.5) is 0 Å². The molecular weight excluding hydrogens is 462 g/mol. The van der Waals surface area contributed by atoms with Crippen molar-refractivity contribution in [3.05, 3.63) is 61.3 Å². The number of nitrogens with one attached hydrogen (secondary N) is 3. The molecule has 0 spiro atoms. The first-order valence-corrected chi connectivity index (χ1v) is 12.2. The average molecular weight is 500 g/mol. The molecule has 0 saturated carbocycles. The molecule has 2 rings (SSSR count). The van der Waals surface area contributed by atoms with Crippen molar-refractivity contribution >= 4 is 28.7 Å². The third-order valence-electron chi connectivity index (χ3n) is 5.54. The standard InChI is InChI=1S/C27H37N3O6/c1-3-5-11-26(33)36-19-22(16-21-18-29-24-10-7-6-9-23(21)24)30-27(34)20(8-4-2)17-25(32)28-12-14-35-15-13-31/h3-4,6-7,9-10,18,20,22,29,31H,1-2,5,8,11-17,19H2,(H,28,32)(H,30,34)/t20-,22+/m1/s1. The van der Waals surface area contributed by atoms with Crippen LogP contribution in [-0.2, 0) is 30.3 Å². The van der Waals surface area contributed by atoms with E-state index in [-0.39, 0.29) is 63.6 Å². The van der Waals surface area contributed by atoms with Crippen molar-refractivity contribution in [1.82, 2.24) is 15.6 Å². The first-order valence-electron chi connectivity index (χ1n) is 12.2. The van der Waals surface area contributed by atoms with E-state index >= 15 is 0 Å². The molecule has 2 atom stereocenters. The van der Waals surface area contributed by atoms with E-state index in [0.29, 0.717) is 19.3 Å². The van der Waals surface area contributed by atoms with Gasteiger partial charge in [0.25, 0.3) is 0 Å². The predicted molar refractivity (Wildman–Crippen MR) is 138 cm³/mol. The maximum Gasteiger partial charge on any atom is 0.306 e. The Hall–Kier alpha value is -3.43. The zero-order valence-electron chi connectivity index (χ0n) is 20.7. The molecule has 196 valence electrons. The normalized spacial score (nSPS) is 12.5. The second-order valence-corrected chi connectivity index (χ2v) is 8.39. The number of hydrogen-bond donors (Lipinski definition) is 4. The van der Waals surface area contributed by atoms with E-state index in [2.05, 4.69) is 28.8 Å². The fourth-order valence-electron chi connectivity index (χ4n) is 3.73. The zero-order chi connectivity index (χ0) is 26.2. The fraction of sp³-hybridized carbons (Fsp3) is 0.444. The van der Waals surface area contributed by atoms with E-state index in [1.54, 1.807) is 12.2 Å². The summed E-state index contributed by atoms with van der Waals surface area (Å²) in [5.74, 6) is -1.58. The number of H-pyrrole nitrogens is 1. The monoisotopic (exact) mass is 499 g/mol. The number of fused-ring (bicyclic) bond motifs is 1. The molecule has 0 fully saturated rings. The molecule has 4 N–H and O–H groups in total. The summed E-state index contributed by atoms with van der Waals surface area (Å²) >= 11 is 0. The molecule has 1 aromatic heterocycles. The number of rotatable bonds is 18. The maximum atomic E-state index is 13.2. The topological polar surface area (TPSA) is 130 Å². The van der Waals surface area contributed by atoms with Crippen LogP contribution in [0.1, 0.15) is 31.2 Å². The minimum atomic E-state index is -0.622. The van der Waals surface area contributed by atoms with Gasteiger partial charge in [0.1, 0.15) is 6.61 Å². The van der Waals surface area contributed by atoms with Crippen LogP contribution in [0, 0.1) is 5.92 Å². The second-order valence-electron chi connectivity index (χ2n) is 8.39. The second kappa shape index (κ2) is 16.3. The number of ether oxygens (including phenoxy) is 2. The fourth-order valence-corrected chi connectivity index (χ4v) is 3.73. The molecule has 1 heterocycles. The highest BCUT2D eigenvalue weighted by molar-refractivity contribution is 5.86. The van der Waals surface area contributed by atoms with E-state index in [1.807, 2.05) is 30.5 Å². The first-order chi connectivity index (χ1) is 17.5. The molecule has 0 unspecified atom stereocenters. The SMILES string of the molecule is C=CCCC(=O)OC[C@H](Cc1c[nH]c2ccccc12)NC(=O)[C@H](CC=C)CC(=O)NCCOCCO. The lowest BCUT2D eigenvalue weighted by Gasteiger charge is -2.22. The van der Waals surface area contributed by atoms with Crippen LogP contribution in [0.25, 0.3) is 10.9 Å². The summed E-state index contributed by atoms with van der Waals surface area (Å²) in [6.07, 6.45) is 6.62. The number of aliphatic hydroxyl groups is 1. The van der Waals surface area contributed by atoms with Crippen molar-refractivity contribution in [1.29, 1.82) is 0 Å². The van der Waals surface area contributed by atoms with Crippen molar-refractivity contribution in [2.45, 2.75) is 38.1 Å². The van der Waals surface area contributed by atoms with Gasteiger partial charge in [0, 0.05) is 36.5 Å². The number of amides is 2. The molecule has 0 radical (unpaired) electrons. The number of allylic oxidation sites excluding steroid dienone is 2. The first kappa shape index (κ1) is 28.8. The van der Waals surface area contributed by atoms with Crippen LogP contribution in [0.2, 0.25) is 0 Å². The Bertz CT molecular complexity index is 1000. The van der Waals surface area contributed by atoms with Crippen LogP contribution in [0.15, 0.2) is 55.8 Å². The molecule has 0 aliphatic heterocycles. The van der Waals surface area contributed by atoms with E-state index in [1.165, 1.54) is 0 Å². The van der Waals surface area contributed by atoms with Crippen LogP contribution in [0.3, 0.4) is 0 Å². The smallest absolute Gasteiger partial charge is 0.306 e. The zero-order valence-corrected chi connectivity index (χ0v) is 20.7. The van der Waals surface area contributed by atoms with Crippen molar-refractivity contribution in [3.8, 4) is 0 Å². The van der Waals surface area contributed by atoms with Crippen molar-refractivity contribution < 1.29 is 29.0 Å². The third-order valence-corrected chi connectivity index (χ3v) is 5.54. The summed E-state index contributed by atoms with van der Waals surface area (Å²) in [5, 5.41) is 15.4. The van der Waals surface area contributed by atoms with Gasteiger partial charge in [0.15, 0.2) is 0 Å². The Kier molecular flexibility index (Phi) is 13.0. The Morgan fingerprint density at radius 1 is 1.14 bits per heavy atom. The van der Waals surface area contributed by atoms with Crippen LogP contribution in [0.5, 0.6) is 0 Å². The highest BCUT2D eigenvalue weighted by Gasteiger charge is 2.25. The number of aromatic amines is 1. The van der Waals surface area contributed by atoms with Gasteiger partial charge >= 0.3 is 5.97 Å². The van der Waals surface area contributed by atoms with Gasteiger partial charge in [-0.1, -0.05) is 30.4 Å². The van der Waals surface area contributed by atoms with Crippen molar-refractivity contribution in [3.63, 3.8) is 0 Å². The van der Waals surface area contributed by atoms with Gasteiger partial charge in [-0.05, 0) is 30.9 Å². The molecule has 0 aliphatic rings. The number of carbonyl (C=O) groups is 3. The molecule has 2 aromatic rings. The summed E-state index contributed by atoms with van der Waals surface area (Å²) in [7, 11) is 0. The largest absolute Gasteiger partial charge is 0.463 e. The van der Waals surface area contributed by atoms with E-state index in [4.69, 9.17) is 14.6 Å². The van der Waals surface area contributed by atoms with E-state index in [9.17, 15) is 14.4 Å². The molecule has 0 bridgehead atoms. The van der Waals surface area contributed by atoms with Crippen molar-refractivity contribution in [2.24, 2.45) is 5.92 Å². The number of aliphatic hydroxyl groups excluding tert-OH is 1. The van der Waals surface area contributed by atoms with Gasteiger partial charge in [-0.25, -0.2) is 0 Å². The molecule has 0 saturated heterocycles. The molecule has 1 aromatic carbocycles. The highest BCUT2D eigenvalue weighted by Crippen LogP contribution is 2.20. The Morgan fingerprint density at radius 3 is 2.69 bits per heavy atom. The van der Waals surface area contributed by atoms with Gasteiger partial charge < -0.3 is 30.2 Å². The van der Waals surface area contributed by atoms with Crippen LogP contribution in [-0.4, -0.2) is 66.9 Å². The Balaban J connectivity index is 2.04. The lowest BCUT2D eigenvalue weighted by Crippen LogP contribution is -2.44. The molecule has 9 heteroatoms. The number of benzene rings is 1. The van der Waals surface area contributed by atoms with Crippen LogP contribution >= 0.6 is 0 Å². The summed E-state index contributed by atoms with van der Waals surface area (Å²) in [5.41, 5.74) is 1.96. The van der Waals surface area contributed by atoms with Gasteiger partial charge in [-0.15, -0.1) is 13.2 Å². The number of carbonyl (C=O) groups excluding carboxylic acids is 3. The lowest BCUT2D eigenvalue weighted by molar-refractivity contribution is -0.145. The molecule has 36 heavy (non-hydrogen) atoms. The summed E-state index contributed by atoms with van der Waals surface area (Å²) in [4.78, 5) is 40.8. The summed E-state index contributed by atoms with van der Waals surface area (Å²) < 4.78 is 10.6. The van der Waals surface area contributed by atoms with Crippen molar-refractivity contribution in [2.75, 3.05) is 33.0 Å². The molecule has 9 nitrogen and oxygen atoms in total. The number of esters is 1. The lowest BCUT2D eigenvalue weighted by atomic mass is 9.98. The molecular formula is C27H37N3O6. The van der Waals surface area contributed by atoms with Crippen LogP contribution < -0.4 is 10.6 Å². The van der Waals surface area contributed by atoms with E-state index < -0.39 is 12.0 Å². The summed E-state index contributed by atoms with van der Waals surface area (Å²) in [6.45, 7) is 8.01. The number of hydrogen-bond acceptors (Lipinski definition) is 6. The van der Waals surface area contributed by atoms with Gasteiger partial charge in [0.05, 0.1) is 31.8 Å². The van der Waals surface area contributed by atoms with Gasteiger partial charge in [-0.2, -0.15) is 0 Å². The minimum absolute atomic E-state index is 0.0103. The quantitative estimate of drug-likeness (QED) is 0.142. The third kappa shape index (κ3) is 10.1.